The van der Waals surface area contributed by atoms with Crippen LogP contribution in [0.15, 0.2) is 42.5 Å². The molecule has 0 spiro atoms. The zero-order chi connectivity index (χ0) is 25.8. The molecule has 2 nitrogen and oxygen atoms in total. The molecule has 0 radical (unpaired) electrons. The number of halogens is 13. The van der Waals surface area contributed by atoms with Crippen LogP contribution in [0.1, 0.15) is 16.7 Å². The molecule has 0 saturated carbocycles. The highest BCUT2D eigenvalue weighted by atomic mass is 19.4. The van der Waals surface area contributed by atoms with Crippen molar-refractivity contribution in [3.63, 3.8) is 0 Å². The van der Waals surface area contributed by atoms with Gasteiger partial charge in [0.25, 0.3) is 0 Å². The number of alkyl halides is 13. The van der Waals surface area contributed by atoms with Crippen LogP contribution >= 0.6 is 0 Å². The smallest absolute Gasteiger partial charge is 0.399 e. The van der Waals surface area contributed by atoms with E-state index in [0.717, 1.165) is 0 Å². The van der Waals surface area contributed by atoms with Gasteiger partial charge < -0.3 is 11.5 Å². The summed E-state index contributed by atoms with van der Waals surface area (Å²) in [6.07, 6.45) is -19.6. The third-order valence-corrected chi connectivity index (χ3v) is 4.77. The maximum Gasteiger partial charge on any atom is 0.460 e. The second-order valence-corrected chi connectivity index (χ2v) is 6.82. The fourth-order valence-corrected chi connectivity index (χ4v) is 3.12. The Morgan fingerprint density at radius 1 is 0.515 bits per heavy atom. The van der Waals surface area contributed by atoms with Crippen LogP contribution in [0.4, 0.5) is 68.5 Å². The van der Waals surface area contributed by atoms with E-state index in [1.165, 1.54) is 0 Å². The molecule has 0 bridgehead atoms. The summed E-state index contributed by atoms with van der Waals surface area (Å²) in [5.74, 6) is -13.2. The molecule has 0 aliphatic rings. The number of benzene rings is 2. The largest absolute Gasteiger partial charge is 0.460 e. The van der Waals surface area contributed by atoms with E-state index in [1.54, 1.807) is 0 Å². The standard InChI is InChI=1S/C18H11F13N2/c19-14(20,15(21,22)18(29,30)31)11-7-9(3-6-12(11)33)13(16(23,24)25,17(26,27)28)8-1-4-10(32)5-2-8/h1-7H,32-33H2. The third-order valence-electron chi connectivity index (χ3n) is 4.77. The van der Waals surface area contributed by atoms with Crippen LogP contribution in [0.25, 0.3) is 0 Å². The lowest BCUT2D eigenvalue weighted by atomic mass is 9.72. The van der Waals surface area contributed by atoms with E-state index < -0.39 is 64.2 Å². The van der Waals surface area contributed by atoms with Gasteiger partial charge in [-0.1, -0.05) is 18.2 Å². The van der Waals surface area contributed by atoms with Crippen molar-refractivity contribution in [1.29, 1.82) is 0 Å². The molecule has 4 N–H and O–H groups in total. The van der Waals surface area contributed by atoms with Gasteiger partial charge in [0.2, 0.25) is 5.41 Å². The number of nitrogens with two attached hydrogens (primary N) is 2. The van der Waals surface area contributed by atoms with Gasteiger partial charge >= 0.3 is 30.4 Å². The van der Waals surface area contributed by atoms with Crippen LogP contribution < -0.4 is 11.5 Å². The van der Waals surface area contributed by atoms with Crippen LogP contribution in [0.3, 0.4) is 0 Å². The summed E-state index contributed by atoms with van der Waals surface area (Å²) in [6, 6.07) is 0.904. The van der Waals surface area contributed by atoms with Crippen molar-refractivity contribution in [2.75, 3.05) is 11.5 Å². The summed E-state index contributed by atoms with van der Waals surface area (Å²) in [7, 11) is 0. The summed E-state index contributed by atoms with van der Waals surface area (Å²) in [5.41, 5.74) is -3.07. The quantitative estimate of drug-likeness (QED) is 0.368. The zero-order valence-corrected chi connectivity index (χ0v) is 15.6. The third kappa shape index (κ3) is 3.90. The zero-order valence-electron chi connectivity index (χ0n) is 15.6. The number of hydrogen-bond acceptors (Lipinski definition) is 2. The van der Waals surface area contributed by atoms with Crippen LogP contribution in [0.5, 0.6) is 0 Å². The molecular weight excluding hydrogens is 491 g/mol. The van der Waals surface area contributed by atoms with Gasteiger partial charge in [-0.05, 0) is 35.4 Å². The molecule has 0 aliphatic carbocycles. The number of rotatable bonds is 4. The monoisotopic (exact) mass is 502 g/mol. The van der Waals surface area contributed by atoms with Gasteiger partial charge in [-0.2, -0.15) is 57.1 Å². The minimum atomic E-state index is -6.92. The highest BCUT2D eigenvalue weighted by Gasteiger charge is 2.75. The Kier molecular flexibility index (Phi) is 6.06. The van der Waals surface area contributed by atoms with E-state index in [9.17, 15) is 57.1 Å². The molecule has 2 aromatic carbocycles. The molecule has 0 aromatic heterocycles. The number of anilines is 2. The summed E-state index contributed by atoms with van der Waals surface area (Å²) in [6.45, 7) is 0. The predicted octanol–water partition coefficient (Wildman–Crippen LogP) is 6.55. The van der Waals surface area contributed by atoms with Gasteiger partial charge in [-0.25, -0.2) is 0 Å². The van der Waals surface area contributed by atoms with Crippen molar-refractivity contribution in [3.05, 3.63) is 59.2 Å². The molecule has 0 atom stereocenters. The van der Waals surface area contributed by atoms with E-state index in [4.69, 9.17) is 11.5 Å². The second kappa shape index (κ2) is 7.58. The Labute approximate surface area is 176 Å². The number of hydrogen-bond donors (Lipinski definition) is 2. The molecule has 33 heavy (non-hydrogen) atoms. The second-order valence-electron chi connectivity index (χ2n) is 6.82. The van der Waals surface area contributed by atoms with Crippen LogP contribution in [0.2, 0.25) is 0 Å². The summed E-state index contributed by atoms with van der Waals surface area (Å²) in [5, 5.41) is 0. The molecule has 0 aliphatic heterocycles. The number of nitrogen functional groups attached to an aromatic ring is 2. The first-order valence-electron chi connectivity index (χ1n) is 8.34. The van der Waals surface area contributed by atoms with Crippen molar-refractivity contribution < 1.29 is 57.1 Å². The van der Waals surface area contributed by atoms with Gasteiger partial charge in [-0.15, -0.1) is 0 Å². The fraction of sp³-hybridized carbons (Fsp3) is 0.333. The molecule has 0 heterocycles. The van der Waals surface area contributed by atoms with E-state index >= 15 is 0 Å². The average Bonchev–Trinajstić information content (AvgIpc) is 2.61. The molecule has 0 fully saturated rings. The molecule has 184 valence electrons. The predicted molar refractivity (Wildman–Crippen MR) is 89.5 cm³/mol. The summed E-state index contributed by atoms with van der Waals surface area (Å²) >= 11 is 0. The maximum atomic E-state index is 14.2. The van der Waals surface area contributed by atoms with Gasteiger partial charge in [0.15, 0.2) is 0 Å². The van der Waals surface area contributed by atoms with Crippen molar-refractivity contribution in [3.8, 4) is 0 Å². The molecule has 2 aromatic rings. The Morgan fingerprint density at radius 3 is 1.33 bits per heavy atom. The summed E-state index contributed by atoms with van der Waals surface area (Å²) < 4.78 is 177. The van der Waals surface area contributed by atoms with Crippen LogP contribution in [-0.2, 0) is 11.3 Å². The van der Waals surface area contributed by atoms with E-state index in [1.807, 2.05) is 0 Å². The molecule has 2 rings (SSSR count). The molecule has 15 heteroatoms. The highest BCUT2D eigenvalue weighted by Crippen LogP contribution is 2.58. The van der Waals surface area contributed by atoms with Crippen molar-refractivity contribution in [2.24, 2.45) is 0 Å². The van der Waals surface area contributed by atoms with E-state index in [2.05, 4.69) is 0 Å². The lowest BCUT2D eigenvalue weighted by molar-refractivity contribution is -0.359. The van der Waals surface area contributed by atoms with Gasteiger partial charge in [0.05, 0.1) is 5.56 Å². The minimum Gasteiger partial charge on any atom is -0.399 e. The molecule has 0 amide bonds. The van der Waals surface area contributed by atoms with Crippen molar-refractivity contribution in [2.45, 2.75) is 35.8 Å². The first-order valence-corrected chi connectivity index (χ1v) is 8.34. The van der Waals surface area contributed by atoms with Gasteiger partial charge in [0, 0.05) is 11.4 Å². The Hall–Kier alpha value is -2.87. The molecule has 0 unspecified atom stereocenters. The molecular formula is C18H11F13N2. The summed E-state index contributed by atoms with van der Waals surface area (Å²) in [4.78, 5) is 0. The Balaban J connectivity index is 2.99. The fourth-order valence-electron chi connectivity index (χ4n) is 3.12. The Bertz CT molecular complexity index is 988. The van der Waals surface area contributed by atoms with Gasteiger partial charge in [0.1, 0.15) is 0 Å². The first-order chi connectivity index (χ1) is 14.6. The molecule has 0 saturated heterocycles. The minimum absolute atomic E-state index is 0.0437. The topological polar surface area (TPSA) is 52.0 Å². The average molecular weight is 502 g/mol. The lowest BCUT2D eigenvalue weighted by Crippen LogP contribution is -2.55. The van der Waals surface area contributed by atoms with Crippen LogP contribution in [-0.4, -0.2) is 24.5 Å². The van der Waals surface area contributed by atoms with Crippen LogP contribution in [0, 0.1) is 0 Å². The normalized spacial score (nSPS) is 14.5. The van der Waals surface area contributed by atoms with E-state index in [-0.39, 0.29) is 30.0 Å². The van der Waals surface area contributed by atoms with Gasteiger partial charge in [-0.3, -0.25) is 0 Å². The Morgan fingerprint density at radius 2 is 0.939 bits per heavy atom. The maximum absolute atomic E-state index is 14.2. The SMILES string of the molecule is Nc1ccc(C(c2ccc(N)c(C(F)(F)C(F)(F)C(F)(F)F)c2)(C(F)(F)F)C(F)(F)F)cc1. The van der Waals surface area contributed by atoms with Crippen molar-refractivity contribution >= 4 is 11.4 Å². The van der Waals surface area contributed by atoms with Crippen molar-refractivity contribution in [1.82, 2.24) is 0 Å². The highest BCUT2D eigenvalue weighted by molar-refractivity contribution is 5.57. The van der Waals surface area contributed by atoms with E-state index in [0.29, 0.717) is 12.1 Å². The first kappa shape index (κ1) is 26.4. The lowest BCUT2D eigenvalue weighted by Gasteiger charge is -2.39.